The summed E-state index contributed by atoms with van der Waals surface area (Å²) in [6.45, 7) is 4.55. The Morgan fingerprint density at radius 2 is 1.86 bits per heavy atom. The van der Waals surface area contributed by atoms with Crippen LogP contribution in [0, 0.1) is 17.3 Å². The summed E-state index contributed by atoms with van der Waals surface area (Å²) in [5, 5.41) is 10.2. The van der Waals surface area contributed by atoms with Crippen molar-refractivity contribution in [1.29, 1.82) is 0 Å². The smallest absolute Gasteiger partial charge is 0.350 e. The monoisotopic (exact) mass is 691 g/mol. The third-order valence-electron chi connectivity index (χ3n) is 9.67. The molecule has 49 heavy (non-hydrogen) atoms. The molecule has 0 aliphatic heterocycles. The highest BCUT2D eigenvalue weighted by Gasteiger charge is 2.60. The van der Waals surface area contributed by atoms with Crippen LogP contribution in [0.4, 0.5) is 18.9 Å². The zero-order chi connectivity index (χ0) is 36.1. The number of nitrogens with zero attached hydrogens (tertiary/aromatic N) is 3. The molecule has 268 valence electrons. The Hall–Kier alpha value is -4.50. The number of hydrogen-bond donors (Lipinski definition) is 4. The Kier molecular flexibility index (Phi) is 11.4. The first-order valence-electron chi connectivity index (χ1n) is 16.5. The molecular formula is C33H44F3N7O6. The Morgan fingerprint density at radius 3 is 2.49 bits per heavy atom. The number of Topliss-reactive ketones (excluding diaryl/α,β-unsaturated/α-hetero) is 1. The van der Waals surface area contributed by atoms with Gasteiger partial charge < -0.3 is 30.4 Å². The van der Waals surface area contributed by atoms with Crippen LogP contribution in [0.5, 0.6) is 0 Å². The lowest BCUT2D eigenvalue weighted by Gasteiger charge is -2.55. The number of likely N-dealkylation sites (N-methyl/N-ethyl adjacent to an activating group) is 1. The highest BCUT2D eigenvalue weighted by atomic mass is 19.4. The van der Waals surface area contributed by atoms with Crippen LogP contribution < -0.4 is 26.8 Å². The van der Waals surface area contributed by atoms with Crippen molar-refractivity contribution in [3.63, 3.8) is 0 Å². The van der Waals surface area contributed by atoms with Gasteiger partial charge in [-0.05, 0) is 69.4 Å². The van der Waals surface area contributed by atoms with Gasteiger partial charge in [-0.1, -0.05) is 20.3 Å². The maximum Gasteiger partial charge on any atom is 0.394 e. The van der Waals surface area contributed by atoms with E-state index in [1.54, 1.807) is 14.0 Å². The number of ketones is 1. The standard InChI is InChI=1S/C33H44F3N7O6/c1-5-20-12-21-13-31(3,33(34,35)36)18-32(14-20,15-21)41-26(45)17-43-11-7-8-23(30(43)49)40-27(46)22(9-10-25(44)29(48)38-6-2)39-28(47)24-16-37-19-42(24)4/h7-8,11,16,19-22H,5-6,9-10,12-15,17-18H2,1-4H3,(H,38,48)(H,39,47)(H,40,46)(H,41,45)/t20?,21?,22-,31?,32?/m0/s1. The number of hydrogen-bond acceptors (Lipinski definition) is 7. The van der Waals surface area contributed by atoms with Gasteiger partial charge in [0.1, 0.15) is 24.0 Å². The molecule has 2 bridgehead atoms. The van der Waals surface area contributed by atoms with Gasteiger partial charge in [-0.2, -0.15) is 13.2 Å². The predicted octanol–water partition coefficient (Wildman–Crippen LogP) is 2.85. The third-order valence-corrected chi connectivity index (χ3v) is 9.67. The molecule has 0 saturated heterocycles. The van der Waals surface area contributed by atoms with Crippen molar-refractivity contribution in [1.82, 2.24) is 30.1 Å². The number of carbonyl (C=O) groups is 5. The number of aromatic nitrogens is 3. The predicted molar refractivity (Wildman–Crippen MR) is 172 cm³/mol. The first-order valence-corrected chi connectivity index (χ1v) is 16.5. The van der Waals surface area contributed by atoms with Crippen molar-refractivity contribution >= 4 is 35.1 Å². The molecule has 0 spiro atoms. The van der Waals surface area contributed by atoms with E-state index in [1.807, 2.05) is 6.92 Å². The lowest BCUT2D eigenvalue weighted by atomic mass is 9.55. The molecule has 0 radical (unpaired) electrons. The normalized spacial score (nSPS) is 24.0. The molecule has 4 amide bonds. The van der Waals surface area contributed by atoms with Gasteiger partial charge >= 0.3 is 6.18 Å². The second-order valence-electron chi connectivity index (χ2n) is 13.6. The lowest BCUT2D eigenvalue weighted by molar-refractivity contribution is -0.245. The van der Waals surface area contributed by atoms with E-state index in [9.17, 15) is 41.9 Å². The Bertz CT molecular complexity index is 1640. The summed E-state index contributed by atoms with van der Waals surface area (Å²) in [6.07, 6.45) is 0.938. The van der Waals surface area contributed by atoms with Crippen LogP contribution in [-0.2, 0) is 32.8 Å². The summed E-state index contributed by atoms with van der Waals surface area (Å²) < 4.78 is 45.0. The molecule has 2 aliphatic carbocycles. The number of imidazole rings is 1. The topological polar surface area (TPSA) is 173 Å². The van der Waals surface area contributed by atoms with Gasteiger partial charge in [0.15, 0.2) is 0 Å². The first kappa shape index (κ1) is 37.3. The number of rotatable bonds is 13. The zero-order valence-electron chi connectivity index (χ0n) is 28.1. The molecule has 2 fully saturated rings. The quantitative estimate of drug-likeness (QED) is 0.234. The van der Waals surface area contributed by atoms with E-state index in [0.717, 1.165) is 11.0 Å². The summed E-state index contributed by atoms with van der Waals surface area (Å²) >= 11 is 0. The second-order valence-corrected chi connectivity index (χ2v) is 13.6. The number of nitrogens with one attached hydrogen (secondary N) is 4. The van der Waals surface area contributed by atoms with Gasteiger partial charge in [-0.25, -0.2) is 4.98 Å². The van der Waals surface area contributed by atoms with Crippen molar-refractivity contribution in [2.45, 2.75) is 96.4 Å². The van der Waals surface area contributed by atoms with Crippen LogP contribution in [0.15, 0.2) is 35.6 Å². The van der Waals surface area contributed by atoms with E-state index in [1.165, 1.54) is 42.3 Å². The summed E-state index contributed by atoms with van der Waals surface area (Å²) in [4.78, 5) is 81.2. The van der Waals surface area contributed by atoms with E-state index in [4.69, 9.17) is 0 Å². The Labute approximate surface area is 281 Å². The fourth-order valence-corrected chi connectivity index (χ4v) is 7.45. The van der Waals surface area contributed by atoms with Crippen LogP contribution in [-0.4, -0.2) is 67.8 Å². The molecule has 2 aromatic heterocycles. The molecule has 5 atom stereocenters. The van der Waals surface area contributed by atoms with E-state index in [0.29, 0.717) is 19.3 Å². The lowest BCUT2D eigenvalue weighted by Crippen LogP contribution is -2.61. The van der Waals surface area contributed by atoms with Crippen LogP contribution in [0.1, 0.15) is 82.6 Å². The van der Waals surface area contributed by atoms with Gasteiger partial charge in [0.2, 0.25) is 17.6 Å². The molecule has 13 nitrogen and oxygen atoms in total. The van der Waals surface area contributed by atoms with Gasteiger partial charge in [0.05, 0.1) is 17.9 Å². The van der Waals surface area contributed by atoms with Crippen molar-refractivity contribution in [3.05, 3.63) is 46.9 Å². The van der Waals surface area contributed by atoms with Crippen LogP contribution in [0.2, 0.25) is 0 Å². The summed E-state index contributed by atoms with van der Waals surface area (Å²) in [5.74, 6) is -3.84. The number of amides is 4. The minimum atomic E-state index is -4.44. The molecule has 4 N–H and O–H groups in total. The van der Waals surface area contributed by atoms with Crippen molar-refractivity contribution < 1.29 is 37.1 Å². The largest absolute Gasteiger partial charge is 0.394 e. The maximum absolute atomic E-state index is 14.2. The van der Waals surface area contributed by atoms with Crippen molar-refractivity contribution in [2.75, 3.05) is 11.9 Å². The van der Waals surface area contributed by atoms with Gasteiger partial charge in [0.25, 0.3) is 17.4 Å². The fraction of sp³-hybridized carbons (Fsp3) is 0.606. The molecule has 2 aromatic rings. The molecular weight excluding hydrogens is 647 g/mol. The van der Waals surface area contributed by atoms with Crippen molar-refractivity contribution in [2.24, 2.45) is 24.3 Å². The number of aryl methyl sites for hydroxylation is 1. The molecule has 2 aliphatic rings. The summed E-state index contributed by atoms with van der Waals surface area (Å²) in [5.41, 5.74) is -3.91. The zero-order valence-corrected chi connectivity index (χ0v) is 28.1. The number of anilines is 1. The minimum absolute atomic E-state index is 0.00937. The second kappa shape index (κ2) is 14.9. The number of carbonyl (C=O) groups excluding carboxylic acids is 5. The summed E-state index contributed by atoms with van der Waals surface area (Å²) in [7, 11) is 1.57. The highest BCUT2D eigenvalue weighted by Crippen LogP contribution is 2.58. The molecule has 0 aromatic carbocycles. The SMILES string of the molecule is CCNC(=O)C(=O)CC[C@H](NC(=O)c1cncn1C)C(=O)Nc1cccn(CC(=O)NC23CC(CC)CC(C2)CC(C)(C(F)(F)F)C3)c1=O. The van der Waals surface area contributed by atoms with Gasteiger partial charge in [-0.15, -0.1) is 0 Å². The molecule has 4 unspecified atom stereocenters. The molecule has 2 saturated carbocycles. The van der Waals surface area contributed by atoms with Crippen LogP contribution >= 0.6 is 0 Å². The van der Waals surface area contributed by atoms with E-state index < -0.39 is 64.7 Å². The molecule has 2 heterocycles. The van der Waals surface area contributed by atoms with E-state index >= 15 is 0 Å². The Morgan fingerprint density at radius 1 is 1.12 bits per heavy atom. The van der Waals surface area contributed by atoms with Gasteiger partial charge in [-0.3, -0.25) is 28.8 Å². The average molecular weight is 692 g/mol. The van der Waals surface area contributed by atoms with Crippen LogP contribution in [0.3, 0.4) is 0 Å². The van der Waals surface area contributed by atoms with Crippen LogP contribution in [0.25, 0.3) is 0 Å². The number of fused-ring (bicyclic) bond motifs is 2. The average Bonchev–Trinajstić information content (AvgIpc) is 3.45. The van der Waals surface area contributed by atoms with E-state index in [-0.39, 0.29) is 55.4 Å². The maximum atomic E-state index is 14.2. The van der Waals surface area contributed by atoms with E-state index in [2.05, 4.69) is 26.3 Å². The number of alkyl halides is 3. The highest BCUT2D eigenvalue weighted by molar-refractivity contribution is 6.36. The summed E-state index contributed by atoms with van der Waals surface area (Å²) in [6, 6.07) is 1.35. The first-order chi connectivity index (χ1) is 23.0. The fourth-order valence-electron chi connectivity index (χ4n) is 7.45. The molecule has 16 heteroatoms. The van der Waals surface area contributed by atoms with Gasteiger partial charge in [0, 0.05) is 31.7 Å². The Balaban J connectivity index is 1.50. The third kappa shape index (κ3) is 8.76. The minimum Gasteiger partial charge on any atom is -0.350 e. The number of pyridine rings is 1. The van der Waals surface area contributed by atoms with Crippen molar-refractivity contribution in [3.8, 4) is 0 Å². The number of halogens is 3. The molecule has 4 rings (SSSR count).